The summed E-state index contributed by atoms with van der Waals surface area (Å²) < 4.78 is 18.7. The highest BCUT2D eigenvalue weighted by Gasteiger charge is 2.19. The van der Waals surface area contributed by atoms with Crippen LogP contribution in [0, 0.1) is 12.7 Å². The van der Waals surface area contributed by atoms with Crippen molar-refractivity contribution >= 4 is 22.6 Å². The first-order chi connectivity index (χ1) is 13.5. The fourth-order valence-corrected chi connectivity index (χ4v) is 2.80. The molecular formula is C19H15FN6O2. The number of nitrogens with one attached hydrogen (secondary N) is 1. The van der Waals surface area contributed by atoms with E-state index < -0.39 is 5.91 Å². The highest BCUT2D eigenvalue weighted by molar-refractivity contribution is 6.07. The first-order valence-corrected chi connectivity index (χ1v) is 8.41. The van der Waals surface area contributed by atoms with Crippen molar-refractivity contribution in [1.82, 2.24) is 20.3 Å². The Morgan fingerprint density at radius 1 is 1.21 bits per heavy atom. The van der Waals surface area contributed by atoms with Crippen molar-refractivity contribution < 1.29 is 13.7 Å². The number of rotatable bonds is 5. The number of carbonyl (C=O) groups is 1. The number of anilines is 1. The number of amides is 1. The molecule has 0 saturated heterocycles. The van der Waals surface area contributed by atoms with Gasteiger partial charge in [-0.1, -0.05) is 23.4 Å². The zero-order valence-corrected chi connectivity index (χ0v) is 14.8. The largest absolute Gasteiger partial charge is 0.366 e. The molecule has 0 unspecified atom stereocenters. The fourth-order valence-electron chi connectivity index (χ4n) is 2.80. The number of aryl methyl sites for hydroxylation is 1. The van der Waals surface area contributed by atoms with Gasteiger partial charge >= 0.3 is 0 Å². The number of primary amides is 1. The molecule has 0 radical (unpaired) electrons. The maximum atomic E-state index is 13.3. The number of hydrogen-bond acceptors (Lipinski definition) is 7. The molecule has 0 bridgehead atoms. The van der Waals surface area contributed by atoms with E-state index in [2.05, 4.69) is 25.7 Å². The molecule has 2 heterocycles. The average Bonchev–Trinajstić information content (AvgIpc) is 3.11. The molecule has 3 N–H and O–H groups in total. The molecule has 0 fully saturated rings. The quantitative estimate of drug-likeness (QED) is 0.548. The van der Waals surface area contributed by atoms with Gasteiger partial charge in [0.2, 0.25) is 11.6 Å². The van der Waals surface area contributed by atoms with Crippen molar-refractivity contribution in [3.8, 4) is 11.6 Å². The molecule has 8 nitrogen and oxygen atoms in total. The number of nitrogens with two attached hydrogens (primary N) is 1. The van der Waals surface area contributed by atoms with Gasteiger partial charge in [-0.3, -0.25) is 4.79 Å². The Kier molecular flexibility index (Phi) is 4.40. The van der Waals surface area contributed by atoms with Crippen LogP contribution < -0.4 is 11.1 Å². The first kappa shape index (κ1) is 17.5. The third-order valence-corrected chi connectivity index (χ3v) is 4.18. The zero-order valence-electron chi connectivity index (χ0n) is 14.8. The molecule has 2 aromatic heterocycles. The van der Waals surface area contributed by atoms with Crippen molar-refractivity contribution in [1.29, 1.82) is 0 Å². The molecule has 140 valence electrons. The summed E-state index contributed by atoms with van der Waals surface area (Å²) in [5.74, 6) is 0.0440. The van der Waals surface area contributed by atoms with Gasteiger partial charge in [-0.05, 0) is 36.8 Å². The monoisotopic (exact) mass is 378 g/mol. The third kappa shape index (κ3) is 3.25. The van der Waals surface area contributed by atoms with Gasteiger partial charge in [-0.15, -0.1) is 10.2 Å². The molecule has 0 spiro atoms. The van der Waals surface area contributed by atoms with Crippen LogP contribution in [0.4, 0.5) is 10.2 Å². The number of aromatic nitrogens is 4. The van der Waals surface area contributed by atoms with Gasteiger partial charge in [-0.25, -0.2) is 9.37 Å². The Bertz CT molecular complexity index is 1190. The van der Waals surface area contributed by atoms with E-state index >= 15 is 0 Å². The fraction of sp³-hybridized carbons (Fsp3) is 0.105. The van der Waals surface area contributed by atoms with Crippen LogP contribution in [0.1, 0.15) is 21.6 Å². The lowest BCUT2D eigenvalue weighted by molar-refractivity contribution is 0.100. The summed E-state index contributed by atoms with van der Waals surface area (Å²) in [6, 6.07) is 11.2. The Hall–Kier alpha value is -3.88. The van der Waals surface area contributed by atoms with Crippen molar-refractivity contribution in [3.63, 3.8) is 0 Å². The molecule has 28 heavy (non-hydrogen) atoms. The molecule has 2 aromatic carbocycles. The normalized spacial score (nSPS) is 10.9. The molecule has 0 aliphatic heterocycles. The Balaban J connectivity index is 1.68. The number of carbonyl (C=O) groups excluding carboxylic acids is 1. The van der Waals surface area contributed by atoms with Crippen LogP contribution in [0.15, 0.2) is 47.0 Å². The maximum Gasteiger partial charge on any atom is 0.251 e. The van der Waals surface area contributed by atoms with Gasteiger partial charge in [-0.2, -0.15) is 0 Å². The minimum absolute atomic E-state index is 0.205. The van der Waals surface area contributed by atoms with E-state index in [4.69, 9.17) is 10.3 Å². The maximum absolute atomic E-state index is 13.3. The smallest absolute Gasteiger partial charge is 0.251 e. The van der Waals surface area contributed by atoms with Gasteiger partial charge < -0.3 is 15.6 Å². The van der Waals surface area contributed by atoms with E-state index in [1.54, 1.807) is 37.3 Å². The summed E-state index contributed by atoms with van der Waals surface area (Å²) in [4.78, 5) is 16.0. The number of fused-ring (bicyclic) bond motifs is 1. The van der Waals surface area contributed by atoms with E-state index in [0.29, 0.717) is 29.0 Å². The minimum Gasteiger partial charge on any atom is -0.366 e. The molecule has 4 rings (SSSR count). The highest BCUT2D eigenvalue weighted by atomic mass is 19.1. The lowest BCUT2D eigenvalue weighted by Gasteiger charge is -2.08. The summed E-state index contributed by atoms with van der Waals surface area (Å²) >= 11 is 0. The summed E-state index contributed by atoms with van der Waals surface area (Å²) in [5, 5.41) is 15.8. The van der Waals surface area contributed by atoms with E-state index in [-0.39, 0.29) is 23.0 Å². The summed E-state index contributed by atoms with van der Waals surface area (Å²) in [5.41, 5.74) is 7.29. The Morgan fingerprint density at radius 2 is 2.04 bits per heavy atom. The van der Waals surface area contributed by atoms with Crippen molar-refractivity contribution in [2.24, 2.45) is 5.73 Å². The minimum atomic E-state index is -0.606. The average molecular weight is 378 g/mol. The number of nitrogens with zero attached hydrogens (tertiary/aromatic N) is 4. The predicted octanol–water partition coefficient (Wildman–Crippen LogP) is 2.84. The number of benzene rings is 2. The van der Waals surface area contributed by atoms with Crippen LogP contribution in [0.2, 0.25) is 0 Å². The first-order valence-electron chi connectivity index (χ1n) is 8.41. The SMILES string of the molecule is Cc1nnc(-c2onc3c(C(N)=O)cccc23)nc1NCc1cccc(F)c1. The van der Waals surface area contributed by atoms with Gasteiger partial charge in [0.1, 0.15) is 17.0 Å². The van der Waals surface area contributed by atoms with Gasteiger partial charge in [0.25, 0.3) is 5.91 Å². The predicted molar refractivity (Wildman–Crippen MR) is 99.8 cm³/mol. The van der Waals surface area contributed by atoms with Gasteiger partial charge in [0.15, 0.2) is 5.82 Å². The molecular weight excluding hydrogens is 363 g/mol. The second kappa shape index (κ2) is 7.03. The third-order valence-electron chi connectivity index (χ3n) is 4.18. The summed E-state index contributed by atoms with van der Waals surface area (Å²) in [6.07, 6.45) is 0. The molecule has 0 saturated carbocycles. The second-order valence-corrected chi connectivity index (χ2v) is 6.13. The molecule has 0 aliphatic carbocycles. The van der Waals surface area contributed by atoms with Crippen LogP contribution in [0.3, 0.4) is 0 Å². The van der Waals surface area contributed by atoms with Crippen LogP contribution in [0.25, 0.3) is 22.5 Å². The van der Waals surface area contributed by atoms with E-state index in [9.17, 15) is 9.18 Å². The van der Waals surface area contributed by atoms with Gasteiger partial charge in [0.05, 0.1) is 10.9 Å². The second-order valence-electron chi connectivity index (χ2n) is 6.13. The van der Waals surface area contributed by atoms with E-state index in [0.717, 1.165) is 5.56 Å². The van der Waals surface area contributed by atoms with Crippen molar-refractivity contribution in [2.45, 2.75) is 13.5 Å². The molecule has 0 atom stereocenters. The van der Waals surface area contributed by atoms with Crippen LogP contribution >= 0.6 is 0 Å². The van der Waals surface area contributed by atoms with E-state index in [1.165, 1.54) is 12.1 Å². The van der Waals surface area contributed by atoms with Crippen LogP contribution in [0.5, 0.6) is 0 Å². The lowest BCUT2D eigenvalue weighted by atomic mass is 10.1. The highest BCUT2D eigenvalue weighted by Crippen LogP contribution is 2.28. The molecule has 9 heteroatoms. The topological polar surface area (TPSA) is 120 Å². The molecule has 1 amide bonds. The Labute approximate surface area is 158 Å². The molecule has 0 aliphatic rings. The van der Waals surface area contributed by atoms with E-state index in [1.807, 2.05) is 0 Å². The molecule has 4 aromatic rings. The Morgan fingerprint density at radius 3 is 2.82 bits per heavy atom. The lowest BCUT2D eigenvalue weighted by Crippen LogP contribution is -2.11. The van der Waals surface area contributed by atoms with Crippen molar-refractivity contribution in [2.75, 3.05) is 5.32 Å². The summed E-state index contributed by atoms with van der Waals surface area (Å²) in [7, 11) is 0. The number of halogens is 1. The van der Waals surface area contributed by atoms with Crippen LogP contribution in [-0.2, 0) is 6.54 Å². The van der Waals surface area contributed by atoms with Crippen LogP contribution in [-0.4, -0.2) is 26.2 Å². The van der Waals surface area contributed by atoms with Gasteiger partial charge in [0, 0.05) is 6.54 Å². The number of hydrogen-bond donors (Lipinski definition) is 2. The zero-order chi connectivity index (χ0) is 19.7. The van der Waals surface area contributed by atoms with Crippen molar-refractivity contribution in [3.05, 3.63) is 65.1 Å². The summed E-state index contributed by atoms with van der Waals surface area (Å²) in [6.45, 7) is 2.11. The standard InChI is InChI=1S/C19H15FN6O2/c1-10-18(22-9-11-4-2-5-12(20)8-11)23-19(25-24-10)16-13-6-3-7-14(17(21)27)15(13)26-28-16/h2-8H,9H2,1H3,(H2,21,27)(H,22,23,25).